The van der Waals surface area contributed by atoms with Crippen molar-refractivity contribution in [3.63, 3.8) is 0 Å². The van der Waals surface area contributed by atoms with Crippen molar-refractivity contribution in [2.75, 3.05) is 9.80 Å². The van der Waals surface area contributed by atoms with Crippen LogP contribution in [-0.4, -0.2) is 13.4 Å². The molecule has 0 spiro atoms. The minimum Gasteiger partial charge on any atom is -0.458 e. The first-order valence-corrected chi connectivity index (χ1v) is 26.0. The van der Waals surface area contributed by atoms with E-state index in [1.54, 1.807) is 0 Å². The highest BCUT2D eigenvalue weighted by molar-refractivity contribution is 7.02. The van der Waals surface area contributed by atoms with E-state index in [2.05, 4.69) is 230 Å². The van der Waals surface area contributed by atoms with E-state index in [4.69, 9.17) is 18.9 Å². The lowest BCUT2D eigenvalue weighted by Crippen LogP contribution is -2.63. The maximum atomic E-state index is 7.25. The SMILES string of the molecule is CC(C)(C)c1ccc(Oc2cc3c4c(c2)Oc2cc5c(cc2B4c2ccccc2O3)B2c3ccccc3N(c3ccccc3)c3cc(Oc4ccc(C(C)(C)C)cc4)cc(c32)N5c2ccc(C(C)(C)C)cc2)cc1. The summed E-state index contributed by atoms with van der Waals surface area (Å²) in [6, 6.07) is 67.4. The van der Waals surface area contributed by atoms with E-state index in [-0.39, 0.29) is 29.7 Å². The molecule has 0 saturated heterocycles. The molecule has 9 aromatic rings. The lowest BCUT2D eigenvalue weighted by atomic mass is 9.31. The van der Waals surface area contributed by atoms with E-state index in [1.165, 1.54) is 33.1 Å². The molecule has 13 rings (SSSR count). The number of anilines is 6. The van der Waals surface area contributed by atoms with Gasteiger partial charge in [-0.05, 0) is 121 Å². The van der Waals surface area contributed by atoms with Gasteiger partial charge in [0.1, 0.15) is 46.0 Å². The van der Waals surface area contributed by atoms with Gasteiger partial charge in [0.25, 0.3) is 13.4 Å². The Bertz CT molecular complexity index is 3680. The van der Waals surface area contributed by atoms with Crippen LogP contribution < -0.4 is 61.5 Å². The smallest absolute Gasteiger partial charge is 0.260 e. The van der Waals surface area contributed by atoms with Crippen molar-refractivity contribution in [2.24, 2.45) is 0 Å². The van der Waals surface area contributed by atoms with Crippen LogP contribution in [0, 0.1) is 0 Å². The molecule has 0 N–H and O–H groups in total. The predicted octanol–water partition coefficient (Wildman–Crippen LogP) is 14.0. The van der Waals surface area contributed by atoms with Crippen LogP contribution in [0.1, 0.15) is 79.0 Å². The first-order valence-electron chi connectivity index (χ1n) is 26.0. The summed E-state index contributed by atoms with van der Waals surface area (Å²) in [5, 5.41) is 0. The van der Waals surface area contributed by atoms with Crippen molar-refractivity contribution in [3.8, 4) is 46.0 Å². The van der Waals surface area contributed by atoms with E-state index in [0.717, 1.165) is 85.0 Å². The Balaban J connectivity index is 1.04. The number of rotatable bonds is 6. The van der Waals surface area contributed by atoms with Crippen molar-refractivity contribution in [1.29, 1.82) is 0 Å². The van der Waals surface area contributed by atoms with Crippen LogP contribution in [0.4, 0.5) is 34.1 Å². The van der Waals surface area contributed by atoms with Crippen LogP contribution in [0.25, 0.3) is 0 Å². The highest BCUT2D eigenvalue weighted by Crippen LogP contribution is 2.48. The van der Waals surface area contributed by atoms with Gasteiger partial charge in [-0.3, -0.25) is 0 Å². The zero-order valence-corrected chi connectivity index (χ0v) is 43.6. The molecule has 74 heavy (non-hydrogen) atoms. The van der Waals surface area contributed by atoms with Gasteiger partial charge in [0.2, 0.25) is 0 Å². The van der Waals surface area contributed by atoms with Gasteiger partial charge in [-0.2, -0.15) is 0 Å². The molecule has 0 amide bonds. The second-order valence-corrected chi connectivity index (χ2v) is 23.4. The maximum Gasteiger partial charge on any atom is 0.260 e. The summed E-state index contributed by atoms with van der Waals surface area (Å²) in [5.41, 5.74) is 17.0. The van der Waals surface area contributed by atoms with Gasteiger partial charge in [0, 0.05) is 69.9 Å². The fourth-order valence-electron chi connectivity index (χ4n) is 11.5. The molecule has 0 bridgehead atoms. The first kappa shape index (κ1) is 45.7. The molecule has 4 aliphatic heterocycles. The van der Waals surface area contributed by atoms with E-state index in [1.807, 2.05) is 30.3 Å². The Morgan fingerprint density at radius 2 is 0.784 bits per heavy atom. The lowest BCUT2D eigenvalue weighted by Gasteiger charge is -2.45. The minimum atomic E-state index is -0.167. The third-order valence-electron chi connectivity index (χ3n) is 15.3. The van der Waals surface area contributed by atoms with Gasteiger partial charge in [0.05, 0.1) is 0 Å². The Kier molecular flexibility index (Phi) is 10.3. The number of ether oxygens (including phenoxy) is 4. The van der Waals surface area contributed by atoms with Gasteiger partial charge in [-0.1, -0.05) is 159 Å². The molecule has 4 heterocycles. The third-order valence-corrected chi connectivity index (χ3v) is 15.3. The maximum absolute atomic E-state index is 7.25. The largest absolute Gasteiger partial charge is 0.458 e. The average Bonchev–Trinajstić information content (AvgIpc) is 3.38. The molecule has 0 unspecified atom stereocenters. The Morgan fingerprint density at radius 3 is 1.36 bits per heavy atom. The molecule has 9 aromatic carbocycles. The molecule has 362 valence electrons. The second-order valence-electron chi connectivity index (χ2n) is 23.4. The monoisotopic (exact) mass is 964 g/mol. The zero-order chi connectivity index (χ0) is 50.8. The summed E-state index contributed by atoms with van der Waals surface area (Å²) in [4.78, 5) is 4.86. The van der Waals surface area contributed by atoms with Crippen LogP contribution >= 0.6 is 0 Å². The highest BCUT2D eigenvalue weighted by atomic mass is 16.5. The van der Waals surface area contributed by atoms with Crippen LogP contribution in [0.2, 0.25) is 0 Å². The van der Waals surface area contributed by atoms with E-state index in [9.17, 15) is 0 Å². The second kappa shape index (κ2) is 16.7. The summed E-state index contributed by atoms with van der Waals surface area (Å²) in [7, 11) is 0. The molecular formula is C66H58B2N2O4. The fourth-order valence-corrected chi connectivity index (χ4v) is 11.5. The fraction of sp³-hybridized carbons (Fsp3) is 0.182. The van der Waals surface area contributed by atoms with Crippen LogP contribution in [0.15, 0.2) is 188 Å². The number of fused-ring (bicyclic) bond motifs is 8. The van der Waals surface area contributed by atoms with Crippen molar-refractivity contribution in [3.05, 3.63) is 205 Å². The number of benzene rings is 9. The lowest BCUT2D eigenvalue weighted by molar-refractivity contribution is 0.442. The van der Waals surface area contributed by atoms with Crippen LogP contribution in [0.3, 0.4) is 0 Å². The summed E-state index contributed by atoms with van der Waals surface area (Å²) in [5.74, 6) is 5.97. The molecular weight excluding hydrogens is 906 g/mol. The summed E-state index contributed by atoms with van der Waals surface area (Å²) >= 11 is 0. The van der Waals surface area contributed by atoms with E-state index < -0.39 is 0 Å². The van der Waals surface area contributed by atoms with Crippen molar-refractivity contribution >= 4 is 80.3 Å². The Morgan fingerprint density at radius 1 is 0.324 bits per heavy atom. The summed E-state index contributed by atoms with van der Waals surface area (Å²) in [6.07, 6.45) is 0. The summed E-state index contributed by atoms with van der Waals surface area (Å²) < 4.78 is 27.7. The van der Waals surface area contributed by atoms with Gasteiger partial charge < -0.3 is 28.7 Å². The molecule has 0 aliphatic carbocycles. The van der Waals surface area contributed by atoms with Crippen molar-refractivity contribution in [1.82, 2.24) is 0 Å². The Hall–Kier alpha value is -8.09. The van der Waals surface area contributed by atoms with Gasteiger partial charge in [0.15, 0.2) is 0 Å². The first-order chi connectivity index (χ1) is 35.5. The third kappa shape index (κ3) is 7.64. The molecule has 4 aliphatic rings. The molecule has 0 radical (unpaired) electrons. The number of hydrogen-bond acceptors (Lipinski definition) is 6. The van der Waals surface area contributed by atoms with Gasteiger partial charge in [-0.25, -0.2) is 0 Å². The quantitative estimate of drug-likeness (QED) is 0.155. The summed E-state index contributed by atoms with van der Waals surface area (Å²) in [6.45, 7) is 19.9. The Labute approximate surface area is 436 Å². The minimum absolute atomic E-state index is 0.0138. The van der Waals surface area contributed by atoms with Crippen LogP contribution in [0.5, 0.6) is 46.0 Å². The van der Waals surface area contributed by atoms with Gasteiger partial charge in [-0.15, -0.1) is 0 Å². The normalized spacial score (nSPS) is 13.9. The standard InChI is InChI=1S/C66H58B2N2O4/c1-64(2,3)41-23-29-45(30-24-41)70-55-40-59-53(68-51-20-14-16-22-58(51)73-60-37-49(38-61(74-59)63(60)68)72-47-33-27-43(28-34-47)66(7,8)9)39-52(55)67-50-19-13-15-21-54(50)69(44-17-11-10-12-18-44)56-35-48(36-57(70)62(56)67)71-46-31-25-42(26-32-46)65(4,5)6/h10-40H,1-9H3. The molecule has 6 nitrogen and oxygen atoms in total. The van der Waals surface area contributed by atoms with Crippen LogP contribution in [-0.2, 0) is 16.2 Å². The predicted molar refractivity (Wildman–Crippen MR) is 307 cm³/mol. The van der Waals surface area contributed by atoms with Crippen molar-refractivity contribution in [2.45, 2.75) is 78.6 Å². The zero-order valence-electron chi connectivity index (χ0n) is 43.6. The number of para-hydroxylation sites is 3. The van der Waals surface area contributed by atoms with Gasteiger partial charge >= 0.3 is 0 Å². The number of nitrogens with zero attached hydrogens (tertiary/aromatic N) is 2. The molecule has 0 aromatic heterocycles. The van der Waals surface area contributed by atoms with Crippen molar-refractivity contribution < 1.29 is 18.9 Å². The molecule has 8 heteroatoms. The molecule has 0 atom stereocenters. The van der Waals surface area contributed by atoms with E-state index >= 15 is 0 Å². The average molecular weight is 965 g/mol. The molecule has 0 saturated carbocycles. The highest BCUT2D eigenvalue weighted by Gasteiger charge is 2.47. The topological polar surface area (TPSA) is 43.4 Å². The van der Waals surface area contributed by atoms with E-state index in [0.29, 0.717) is 11.5 Å². The number of hydrogen-bond donors (Lipinski definition) is 0. The molecule has 0 fully saturated rings.